The molecule has 0 aliphatic rings. The second kappa shape index (κ2) is 6.07. The third kappa shape index (κ3) is 4.68. The van der Waals surface area contributed by atoms with Crippen LogP contribution >= 0.6 is 0 Å². The van der Waals surface area contributed by atoms with Gasteiger partial charge in [-0.25, -0.2) is 0 Å². The summed E-state index contributed by atoms with van der Waals surface area (Å²) in [5.41, 5.74) is 2.53. The van der Waals surface area contributed by atoms with Crippen LogP contribution in [0.2, 0.25) is 0 Å². The number of carbonyl (C=O) groups is 2. The van der Waals surface area contributed by atoms with Crippen molar-refractivity contribution in [3.8, 4) is 0 Å². The van der Waals surface area contributed by atoms with Gasteiger partial charge >= 0.3 is 0 Å². The molecular weight excluding hydrogens is 252 g/mol. The Morgan fingerprint density at radius 3 is 2.30 bits per heavy atom. The van der Waals surface area contributed by atoms with Crippen molar-refractivity contribution in [2.24, 2.45) is 0 Å². The second-order valence-corrected chi connectivity index (χ2v) is 6.19. The molecule has 1 rings (SSSR count). The van der Waals surface area contributed by atoms with E-state index in [4.69, 9.17) is 0 Å². The molecule has 0 saturated heterocycles. The SMILES string of the molecule is CC(=O)N(CC(=O)NC(C)(C)C)c1cc(C)ccc1C. The standard InChI is InChI=1S/C16H24N2O2/c1-11-7-8-12(2)14(9-11)18(13(3)19)10-15(20)17-16(4,5)6/h7-9H,10H2,1-6H3,(H,17,20). The van der Waals surface area contributed by atoms with E-state index in [0.717, 1.165) is 16.8 Å². The Bertz CT molecular complexity index is 516. The highest BCUT2D eigenvalue weighted by molar-refractivity contribution is 5.98. The minimum absolute atomic E-state index is 0.0386. The quantitative estimate of drug-likeness (QED) is 0.922. The van der Waals surface area contributed by atoms with Crippen LogP contribution in [0.3, 0.4) is 0 Å². The smallest absolute Gasteiger partial charge is 0.240 e. The molecule has 0 radical (unpaired) electrons. The van der Waals surface area contributed by atoms with Crippen molar-refractivity contribution < 1.29 is 9.59 Å². The minimum Gasteiger partial charge on any atom is -0.350 e. The normalized spacial score (nSPS) is 11.1. The van der Waals surface area contributed by atoms with E-state index in [0.29, 0.717) is 0 Å². The van der Waals surface area contributed by atoms with E-state index >= 15 is 0 Å². The molecule has 2 amide bonds. The van der Waals surface area contributed by atoms with Crippen LogP contribution in [0, 0.1) is 13.8 Å². The van der Waals surface area contributed by atoms with Crippen LogP contribution in [-0.2, 0) is 9.59 Å². The number of hydrogen-bond acceptors (Lipinski definition) is 2. The highest BCUT2D eigenvalue weighted by Gasteiger charge is 2.20. The van der Waals surface area contributed by atoms with E-state index in [1.54, 1.807) is 0 Å². The lowest BCUT2D eigenvalue weighted by Gasteiger charge is -2.26. The predicted molar refractivity (Wildman–Crippen MR) is 81.8 cm³/mol. The van der Waals surface area contributed by atoms with Gasteiger partial charge in [-0.05, 0) is 51.8 Å². The number of benzene rings is 1. The van der Waals surface area contributed by atoms with E-state index in [9.17, 15) is 9.59 Å². The molecule has 1 aromatic rings. The molecule has 20 heavy (non-hydrogen) atoms. The Kier molecular flexibility index (Phi) is 4.93. The zero-order valence-corrected chi connectivity index (χ0v) is 13.2. The van der Waals surface area contributed by atoms with Gasteiger partial charge in [-0.2, -0.15) is 0 Å². The summed E-state index contributed by atoms with van der Waals surface area (Å²) >= 11 is 0. The Morgan fingerprint density at radius 1 is 1.20 bits per heavy atom. The lowest BCUT2D eigenvalue weighted by Crippen LogP contribution is -2.47. The van der Waals surface area contributed by atoms with Gasteiger partial charge in [0.25, 0.3) is 0 Å². The Labute approximate surface area is 121 Å². The van der Waals surface area contributed by atoms with Crippen LogP contribution in [0.15, 0.2) is 18.2 Å². The fourth-order valence-electron chi connectivity index (χ4n) is 1.98. The largest absolute Gasteiger partial charge is 0.350 e. The minimum atomic E-state index is -0.304. The summed E-state index contributed by atoms with van der Waals surface area (Å²) in [6.45, 7) is 11.2. The van der Waals surface area contributed by atoms with Crippen molar-refractivity contribution >= 4 is 17.5 Å². The molecule has 0 aromatic heterocycles. The van der Waals surface area contributed by atoms with Crippen molar-refractivity contribution in [1.29, 1.82) is 0 Å². The molecule has 0 fully saturated rings. The number of amides is 2. The van der Waals surface area contributed by atoms with Gasteiger partial charge < -0.3 is 10.2 Å². The second-order valence-electron chi connectivity index (χ2n) is 6.19. The van der Waals surface area contributed by atoms with Gasteiger partial charge in [0.05, 0.1) is 0 Å². The van der Waals surface area contributed by atoms with Crippen molar-refractivity contribution in [3.05, 3.63) is 29.3 Å². The van der Waals surface area contributed by atoms with Crippen molar-refractivity contribution in [2.75, 3.05) is 11.4 Å². The third-order valence-electron chi connectivity index (χ3n) is 2.85. The first-order chi connectivity index (χ1) is 9.10. The monoisotopic (exact) mass is 276 g/mol. The number of nitrogens with zero attached hydrogens (tertiary/aromatic N) is 1. The molecule has 0 atom stereocenters. The van der Waals surface area contributed by atoms with Gasteiger partial charge in [0.2, 0.25) is 11.8 Å². The van der Waals surface area contributed by atoms with E-state index in [1.165, 1.54) is 11.8 Å². The molecule has 4 heteroatoms. The maximum Gasteiger partial charge on any atom is 0.240 e. The van der Waals surface area contributed by atoms with Gasteiger partial charge in [-0.3, -0.25) is 9.59 Å². The highest BCUT2D eigenvalue weighted by Crippen LogP contribution is 2.21. The fourth-order valence-corrected chi connectivity index (χ4v) is 1.98. The third-order valence-corrected chi connectivity index (χ3v) is 2.85. The van der Waals surface area contributed by atoms with E-state index in [1.807, 2.05) is 52.8 Å². The molecule has 1 N–H and O–H groups in total. The van der Waals surface area contributed by atoms with Crippen LogP contribution in [0.4, 0.5) is 5.69 Å². The summed E-state index contributed by atoms with van der Waals surface area (Å²) in [6, 6.07) is 5.88. The molecule has 4 nitrogen and oxygen atoms in total. The maximum atomic E-state index is 12.0. The molecular formula is C16H24N2O2. The zero-order chi connectivity index (χ0) is 15.5. The van der Waals surface area contributed by atoms with Crippen LogP contribution in [0.5, 0.6) is 0 Å². The number of hydrogen-bond donors (Lipinski definition) is 1. The van der Waals surface area contributed by atoms with Gasteiger partial charge in [0.1, 0.15) is 6.54 Å². The first-order valence-electron chi connectivity index (χ1n) is 6.76. The lowest BCUT2D eigenvalue weighted by molar-refractivity contribution is -0.124. The molecule has 0 heterocycles. The molecule has 110 valence electrons. The summed E-state index contributed by atoms with van der Waals surface area (Å²) in [5.74, 6) is -0.295. The molecule has 1 aromatic carbocycles. The number of carbonyl (C=O) groups excluding carboxylic acids is 2. The fraction of sp³-hybridized carbons (Fsp3) is 0.500. The molecule has 0 unspecified atom stereocenters. The molecule has 0 spiro atoms. The summed E-state index contributed by atoms with van der Waals surface area (Å²) in [6.07, 6.45) is 0. The topological polar surface area (TPSA) is 49.4 Å². The Balaban J connectivity index is 2.98. The summed E-state index contributed by atoms with van der Waals surface area (Å²) in [7, 11) is 0. The van der Waals surface area contributed by atoms with Crippen molar-refractivity contribution in [2.45, 2.75) is 47.1 Å². The van der Waals surface area contributed by atoms with Gasteiger partial charge in [-0.15, -0.1) is 0 Å². The molecule has 0 saturated carbocycles. The van der Waals surface area contributed by atoms with Crippen molar-refractivity contribution in [1.82, 2.24) is 5.32 Å². The lowest BCUT2D eigenvalue weighted by atomic mass is 10.1. The predicted octanol–water partition coefficient (Wildman–Crippen LogP) is 2.57. The van der Waals surface area contributed by atoms with E-state index in [-0.39, 0.29) is 23.9 Å². The molecule has 0 bridgehead atoms. The first-order valence-corrected chi connectivity index (χ1v) is 6.76. The van der Waals surface area contributed by atoms with Gasteiger partial charge in [-0.1, -0.05) is 12.1 Å². The summed E-state index contributed by atoms with van der Waals surface area (Å²) in [4.78, 5) is 25.4. The van der Waals surface area contributed by atoms with Gasteiger partial charge in [0, 0.05) is 18.2 Å². The Morgan fingerprint density at radius 2 is 1.80 bits per heavy atom. The van der Waals surface area contributed by atoms with E-state index in [2.05, 4.69) is 5.32 Å². The van der Waals surface area contributed by atoms with Crippen LogP contribution in [0.1, 0.15) is 38.8 Å². The number of aryl methyl sites for hydroxylation is 2. The zero-order valence-electron chi connectivity index (χ0n) is 13.2. The average molecular weight is 276 g/mol. The number of anilines is 1. The first kappa shape index (κ1) is 16.2. The van der Waals surface area contributed by atoms with Crippen LogP contribution < -0.4 is 10.2 Å². The highest BCUT2D eigenvalue weighted by atomic mass is 16.2. The average Bonchev–Trinajstić information content (AvgIpc) is 2.27. The van der Waals surface area contributed by atoms with Crippen LogP contribution in [0.25, 0.3) is 0 Å². The van der Waals surface area contributed by atoms with Gasteiger partial charge in [0.15, 0.2) is 0 Å². The van der Waals surface area contributed by atoms with Crippen LogP contribution in [-0.4, -0.2) is 23.9 Å². The number of rotatable bonds is 3. The maximum absolute atomic E-state index is 12.0. The summed E-state index contributed by atoms with van der Waals surface area (Å²) in [5, 5.41) is 2.88. The van der Waals surface area contributed by atoms with E-state index < -0.39 is 0 Å². The molecule has 0 aliphatic carbocycles. The molecule has 0 aliphatic heterocycles. The number of nitrogens with one attached hydrogen (secondary N) is 1. The van der Waals surface area contributed by atoms with Crippen molar-refractivity contribution in [3.63, 3.8) is 0 Å². The Hall–Kier alpha value is -1.84. The summed E-state index contributed by atoms with van der Waals surface area (Å²) < 4.78 is 0.